The van der Waals surface area contributed by atoms with Gasteiger partial charge in [-0.2, -0.15) is 10.1 Å². The number of halogens is 2. The lowest BCUT2D eigenvalue weighted by Gasteiger charge is -2.37. The third-order valence-electron chi connectivity index (χ3n) is 5.08. The van der Waals surface area contributed by atoms with Gasteiger partial charge in [-0.25, -0.2) is 28.2 Å². The predicted molar refractivity (Wildman–Crippen MR) is 94.6 cm³/mol. The molecular weight excluding hydrogens is 370 g/mol. The third kappa shape index (κ3) is 3.12. The van der Waals surface area contributed by atoms with E-state index >= 15 is 0 Å². The molecule has 1 aliphatic rings. The number of hydrogen-bond donors (Lipinski definition) is 1. The van der Waals surface area contributed by atoms with Crippen molar-refractivity contribution in [3.8, 4) is 0 Å². The second-order valence-electron chi connectivity index (χ2n) is 6.79. The van der Waals surface area contributed by atoms with Crippen LogP contribution in [0.3, 0.4) is 0 Å². The van der Waals surface area contributed by atoms with Crippen molar-refractivity contribution in [2.45, 2.75) is 25.7 Å². The van der Waals surface area contributed by atoms with Crippen molar-refractivity contribution >= 4 is 17.5 Å². The number of anilines is 1. The molecule has 1 saturated heterocycles. The molecule has 9 nitrogen and oxygen atoms in total. The minimum absolute atomic E-state index is 0.0604. The van der Waals surface area contributed by atoms with Crippen molar-refractivity contribution in [1.29, 1.82) is 0 Å². The maximum Gasteiger partial charge on any atom is 0.280 e. The number of amides is 1. The minimum Gasteiger partial charge on any atom is -0.382 e. The van der Waals surface area contributed by atoms with Crippen molar-refractivity contribution in [2.75, 3.05) is 18.8 Å². The summed E-state index contributed by atoms with van der Waals surface area (Å²) in [5.41, 5.74) is 6.06. The fourth-order valence-electron chi connectivity index (χ4n) is 3.53. The van der Waals surface area contributed by atoms with Gasteiger partial charge in [-0.15, -0.1) is 0 Å². The van der Waals surface area contributed by atoms with Gasteiger partial charge >= 0.3 is 0 Å². The van der Waals surface area contributed by atoms with E-state index in [2.05, 4.69) is 25.0 Å². The Kier molecular flexibility index (Phi) is 4.57. The maximum atomic E-state index is 13.3. The Labute approximate surface area is 158 Å². The number of rotatable bonds is 3. The molecular formula is C17H18F2N8O. The third-order valence-corrected chi connectivity index (χ3v) is 5.08. The lowest BCUT2D eigenvalue weighted by atomic mass is 9.84. The van der Waals surface area contributed by atoms with Crippen LogP contribution >= 0.6 is 0 Å². The zero-order valence-corrected chi connectivity index (χ0v) is 15.0. The number of nitrogen functional groups attached to an aromatic ring is 1. The highest BCUT2D eigenvalue weighted by Gasteiger charge is 2.34. The average molecular weight is 388 g/mol. The summed E-state index contributed by atoms with van der Waals surface area (Å²) in [6.45, 7) is 2.85. The largest absolute Gasteiger partial charge is 0.382 e. The maximum absolute atomic E-state index is 13.3. The molecule has 11 heteroatoms. The number of fused-ring (bicyclic) bond motifs is 1. The quantitative estimate of drug-likeness (QED) is 0.726. The van der Waals surface area contributed by atoms with Crippen LogP contribution in [0.5, 0.6) is 0 Å². The molecule has 0 aliphatic carbocycles. The van der Waals surface area contributed by atoms with Crippen LogP contribution in [0, 0.1) is 5.92 Å². The molecule has 2 N–H and O–H groups in total. The number of carbonyl (C=O) groups is 1. The second kappa shape index (κ2) is 7.06. The molecule has 0 aromatic carbocycles. The first-order chi connectivity index (χ1) is 13.5. The first-order valence-corrected chi connectivity index (χ1v) is 8.80. The van der Waals surface area contributed by atoms with E-state index in [0.717, 1.165) is 0 Å². The molecule has 3 aromatic heterocycles. The lowest BCUT2D eigenvalue weighted by Crippen LogP contribution is -2.43. The molecule has 4 heterocycles. The molecule has 146 valence electrons. The van der Waals surface area contributed by atoms with Crippen molar-refractivity contribution < 1.29 is 13.6 Å². The monoisotopic (exact) mass is 388 g/mol. The van der Waals surface area contributed by atoms with Crippen LogP contribution in [0.1, 0.15) is 47.6 Å². The van der Waals surface area contributed by atoms with Gasteiger partial charge in [0, 0.05) is 31.4 Å². The van der Waals surface area contributed by atoms with Gasteiger partial charge in [-0.05, 0) is 18.4 Å². The van der Waals surface area contributed by atoms with E-state index in [1.165, 1.54) is 29.3 Å². The number of alkyl halides is 2. The van der Waals surface area contributed by atoms with E-state index in [1.807, 2.05) is 6.92 Å². The molecule has 0 bridgehead atoms. The van der Waals surface area contributed by atoms with Crippen LogP contribution in [0.25, 0.3) is 5.78 Å². The Morgan fingerprint density at radius 1 is 1.29 bits per heavy atom. The molecule has 0 saturated carbocycles. The number of carbonyl (C=O) groups excluding carboxylic acids is 1. The van der Waals surface area contributed by atoms with Crippen molar-refractivity contribution in [3.05, 3.63) is 41.9 Å². The smallest absolute Gasteiger partial charge is 0.280 e. The molecule has 3 aromatic rings. The number of piperidine rings is 1. The van der Waals surface area contributed by atoms with Crippen LogP contribution in [-0.4, -0.2) is 53.4 Å². The van der Waals surface area contributed by atoms with Crippen LogP contribution < -0.4 is 5.73 Å². The van der Waals surface area contributed by atoms with Gasteiger partial charge in [0.2, 0.25) is 0 Å². The first kappa shape index (κ1) is 18.1. The summed E-state index contributed by atoms with van der Waals surface area (Å²) in [4.78, 5) is 30.2. The topological polar surface area (TPSA) is 115 Å². The number of likely N-dealkylation sites (tertiary alicyclic amines) is 1. The van der Waals surface area contributed by atoms with Gasteiger partial charge in [-0.3, -0.25) is 4.79 Å². The number of aromatic nitrogens is 6. The Hall–Kier alpha value is -3.24. The summed E-state index contributed by atoms with van der Waals surface area (Å²) < 4.78 is 28.1. The molecule has 1 amide bonds. The average Bonchev–Trinajstić information content (AvgIpc) is 3.16. The molecule has 2 atom stereocenters. The first-order valence-electron chi connectivity index (χ1n) is 8.80. The van der Waals surface area contributed by atoms with E-state index < -0.39 is 6.43 Å². The van der Waals surface area contributed by atoms with Crippen molar-refractivity contribution in [2.24, 2.45) is 5.92 Å². The summed E-state index contributed by atoms with van der Waals surface area (Å²) >= 11 is 0. The van der Waals surface area contributed by atoms with Crippen molar-refractivity contribution in [3.63, 3.8) is 0 Å². The van der Waals surface area contributed by atoms with Gasteiger partial charge in [0.1, 0.15) is 12.0 Å². The summed E-state index contributed by atoms with van der Waals surface area (Å²) in [7, 11) is 0. The second-order valence-corrected chi connectivity index (χ2v) is 6.79. The van der Waals surface area contributed by atoms with Crippen LogP contribution in [0.2, 0.25) is 0 Å². The highest BCUT2D eigenvalue weighted by molar-refractivity contribution is 5.96. The van der Waals surface area contributed by atoms with Gasteiger partial charge < -0.3 is 10.6 Å². The normalized spacial score (nSPS) is 20.1. The Bertz CT molecular complexity index is 1020. The number of nitrogens with zero attached hydrogens (tertiary/aromatic N) is 7. The van der Waals surface area contributed by atoms with Crippen molar-refractivity contribution in [1.82, 2.24) is 34.4 Å². The molecule has 0 spiro atoms. The van der Waals surface area contributed by atoms with E-state index in [0.29, 0.717) is 25.2 Å². The van der Waals surface area contributed by atoms with Crippen LogP contribution in [-0.2, 0) is 0 Å². The summed E-state index contributed by atoms with van der Waals surface area (Å²) in [6.07, 6.45) is 2.06. The Morgan fingerprint density at radius 3 is 2.82 bits per heavy atom. The number of nitrogens with two attached hydrogens (primary N) is 1. The molecule has 1 fully saturated rings. The van der Waals surface area contributed by atoms with E-state index in [-0.39, 0.29) is 40.7 Å². The lowest BCUT2D eigenvalue weighted by molar-refractivity contribution is 0.0660. The molecule has 28 heavy (non-hydrogen) atoms. The number of hydrogen-bond acceptors (Lipinski definition) is 7. The zero-order chi connectivity index (χ0) is 19.8. The molecule has 0 radical (unpaired) electrons. The molecule has 4 rings (SSSR count). The fourth-order valence-corrected chi connectivity index (χ4v) is 3.53. The van der Waals surface area contributed by atoms with Gasteiger partial charge in [0.25, 0.3) is 18.1 Å². The SMILES string of the molecule is C[C@@H]1CCN(C(=O)c2nccnc2N)C[C@H]1c1cc(C(F)F)nc2ncnn12. The highest BCUT2D eigenvalue weighted by atomic mass is 19.3. The minimum atomic E-state index is -2.73. The summed E-state index contributed by atoms with van der Waals surface area (Å²) in [6, 6.07) is 1.35. The standard InChI is InChI=1S/C17H18F2N8O/c1-9-2-5-26(16(28)13-15(20)22-4-3-21-13)7-10(9)12-6-11(14(18)19)25-17-23-8-24-27(12)17/h3-4,6,8-10,14H,2,5,7H2,1H3,(H2,20,22)/t9-,10-/m1/s1. The Morgan fingerprint density at radius 2 is 2.07 bits per heavy atom. The van der Waals surface area contributed by atoms with Gasteiger partial charge in [-0.1, -0.05) is 6.92 Å². The van der Waals surface area contributed by atoms with E-state index in [4.69, 9.17) is 5.73 Å². The summed E-state index contributed by atoms with van der Waals surface area (Å²) in [5, 5.41) is 4.12. The van der Waals surface area contributed by atoms with E-state index in [1.54, 1.807) is 4.90 Å². The van der Waals surface area contributed by atoms with Gasteiger partial charge in [0.05, 0.1) is 5.69 Å². The highest BCUT2D eigenvalue weighted by Crippen LogP contribution is 2.34. The predicted octanol–water partition coefficient (Wildman–Crippen LogP) is 1.70. The van der Waals surface area contributed by atoms with Gasteiger partial charge in [0.15, 0.2) is 11.5 Å². The fraction of sp³-hybridized carbons (Fsp3) is 0.412. The van der Waals surface area contributed by atoms with E-state index in [9.17, 15) is 13.6 Å². The Balaban J connectivity index is 1.70. The molecule has 1 aliphatic heterocycles. The molecule has 0 unspecified atom stereocenters. The summed E-state index contributed by atoms with van der Waals surface area (Å²) in [5.74, 6) is -0.240. The zero-order valence-electron chi connectivity index (χ0n) is 15.0. The van der Waals surface area contributed by atoms with Crippen LogP contribution in [0.4, 0.5) is 14.6 Å². The van der Waals surface area contributed by atoms with Crippen LogP contribution in [0.15, 0.2) is 24.8 Å².